The smallest absolute Gasteiger partial charge is 0.298 e. The van der Waals surface area contributed by atoms with Crippen LogP contribution in [0.3, 0.4) is 0 Å². The molecule has 3 aromatic rings. The van der Waals surface area contributed by atoms with E-state index in [2.05, 4.69) is 35.1 Å². The van der Waals surface area contributed by atoms with Gasteiger partial charge in [0.15, 0.2) is 5.82 Å². The molecule has 30 heavy (non-hydrogen) atoms. The van der Waals surface area contributed by atoms with Crippen molar-refractivity contribution in [2.24, 2.45) is 4.99 Å². The van der Waals surface area contributed by atoms with Gasteiger partial charge < -0.3 is 9.64 Å². The van der Waals surface area contributed by atoms with E-state index >= 15 is 0 Å². The van der Waals surface area contributed by atoms with Crippen molar-refractivity contribution < 1.29 is 4.74 Å². The van der Waals surface area contributed by atoms with Gasteiger partial charge in [-0.3, -0.25) is 0 Å². The summed E-state index contributed by atoms with van der Waals surface area (Å²) in [5.74, 6) is 1.38. The molecule has 1 aromatic heterocycles. The lowest BCUT2D eigenvalue weighted by molar-refractivity contribution is 0.429. The summed E-state index contributed by atoms with van der Waals surface area (Å²) in [5.41, 5.74) is 2.71. The van der Waals surface area contributed by atoms with Gasteiger partial charge in [-0.2, -0.15) is 9.36 Å². The maximum absolute atomic E-state index is 6.42. The zero-order chi connectivity index (χ0) is 21.8. The van der Waals surface area contributed by atoms with Gasteiger partial charge in [0.05, 0.1) is 17.0 Å². The molecular formula is C22H24Cl2N4OS. The number of rotatable bonds is 7. The second kappa shape index (κ2) is 9.77. The van der Waals surface area contributed by atoms with Gasteiger partial charge in [0.2, 0.25) is 0 Å². The lowest BCUT2D eigenvalue weighted by atomic mass is 10.0. The van der Waals surface area contributed by atoms with Crippen molar-refractivity contribution in [3.63, 3.8) is 0 Å². The largest absolute Gasteiger partial charge is 0.430 e. The van der Waals surface area contributed by atoms with Gasteiger partial charge in [0, 0.05) is 41.6 Å². The van der Waals surface area contributed by atoms with Crippen LogP contribution in [0.2, 0.25) is 10.0 Å². The van der Waals surface area contributed by atoms with Crippen molar-refractivity contribution in [1.82, 2.24) is 14.3 Å². The van der Waals surface area contributed by atoms with Gasteiger partial charge in [-0.1, -0.05) is 42.3 Å². The summed E-state index contributed by atoms with van der Waals surface area (Å²) < 4.78 is 10.4. The number of aryl methyl sites for hydroxylation is 1. The first-order valence-electron chi connectivity index (χ1n) is 9.57. The third-order valence-corrected chi connectivity index (χ3v) is 5.98. The van der Waals surface area contributed by atoms with Crippen LogP contribution in [0.1, 0.15) is 43.6 Å². The van der Waals surface area contributed by atoms with Crippen molar-refractivity contribution in [3.05, 3.63) is 63.4 Å². The van der Waals surface area contributed by atoms with Crippen LogP contribution in [0, 0.1) is 6.92 Å². The molecule has 5 nitrogen and oxygen atoms in total. The summed E-state index contributed by atoms with van der Waals surface area (Å²) in [6, 6.07) is 11.7. The van der Waals surface area contributed by atoms with Crippen molar-refractivity contribution in [2.45, 2.75) is 39.7 Å². The number of nitrogens with zero attached hydrogens (tertiary/aromatic N) is 4. The van der Waals surface area contributed by atoms with Gasteiger partial charge in [-0.15, -0.1) is 0 Å². The number of hydrogen-bond donors (Lipinski definition) is 0. The molecule has 0 N–H and O–H groups in total. The zero-order valence-electron chi connectivity index (χ0n) is 17.6. The molecule has 0 aliphatic carbocycles. The highest BCUT2D eigenvalue weighted by molar-refractivity contribution is 7.07. The highest BCUT2D eigenvalue weighted by Crippen LogP contribution is 2.36. The Morgan fingerprint density at radius 1 is 1.13 bits per heavy atom. The molecule has 0 spiro atoms. The number of halogens is 2. The molecule has 1 heterocycles. The fourth-order valence-electron chi connectivity index (χ4n) is 2.58. The first kappa shape index (κ1) is 22.5. The number of aliphatic imine (C=N–C) groups is 1. The third kappa shape index (κ3) is 5.50. The van der Waals surface area contributed by atoms with Crippen molar-refractivity contribution in [1.29, 1.82) is 0 Å². The second-order valence-electron chi connectivity index (χ2n) is 7.37. The van der Waals surface area contributed by atoms with Crippen LogP contribution in [-0.4, -0.2) is 33.7 Å². The Hall–Kier alpha value is -2.15. The Morgan fingerprint density at radius 2 is 1.83 bits per heavy atom. The van der Waals surface area contributed by atoms with Crippen molar-refractivity contribution in [2.75, 3.05) is 7.05 Å². The number of ether oxygens (including phenoxy) is 1. The molecular weight excluding hydrogens is 439 g/mol. The molecule has 0 bridgehead atoms. The number of benzene rings is 2. The van der Waals surface area contributed by atoms with Crippen LogP contribution < -0.4 is 4.74 Å². The highest BCUT2D eigenvalue weighted by Gasteiger charge is 2.16. The van der Waals surface area contributed by atoms with Crippen molar-refractivity contribution in [3.8, 4) is 10.9 Å². The van der Waals surface area contributed by atoms with Gasteiger partial charge in [0.1, 0.15) is 5.75 Å². The van der Waals surface area contributed by atoms with Gasteiger partial charge in [0.25, 0.3) is 5.19 Å². The van der Waals surface area contributed by atoms with E-state index in [1.165, 1.54) is 11.5 Å². The second-order valence-corrected chi connectivity index (χ2v) is 8.92. The lowest BCUT2D eigenvalue weighted by Crippen LogP contribution is -2.24. The Bertz CT molecular complexity index is 1030. The molecule has 0 aliphatic heterocycles. The van der Waals surface area contributed by atoms with Crippen LogP contribution in [0.25, 0.3) is 0 Å². The maximum atomic E-state index is 6.42. The molecule has 8 heteroatoms. The SMILES string of the molecule is Cc1cc(N=CN(C)C(C)C)c(Cl)cc1Oc1nc(C(C)c2ccc(Cl)cc2)ns1. The first-order chi connectivity index (χ1) is 14.2. The Morgan fingerprint density at radius 3 is 2.50 bits per heavy atom. The molecule has 0 saturated carbocycles. The number of hydrogen-bond acceptors (Lipinski definition) is 5. The normalized spacial score (nSPS) is 12.5. The van der Waals surface area contributed by atoms with Crippen LogP contribution in [0.4, 0.5) is 5.69 Å². The maximum Gasteiger partial charge on any atom is 0.298 e. The average Bonchev–Trinajstić information content (AvgIpc) is 3.17. The van der Waals surface area contributed by atoms with E-state index < -0.39 is 0 Å². The number of aromatic nitrogens is 2. The van der Waals surface area contributed by atoms with Crippen molar-refractivity contribution >= 4 is 46.8 Å². The van der Waals surface area contributed by atoms with E-state index in [-0.39, 0.29) is 5.92 Å². The van der Waals surface area contributed by atoms with Gasteiger partial charge in [-0.25, -0.2) is 4.99 Å². The topological polar surface area (TPSA) is 50.6 Å². The molecule has 1 atom stereocenters. The van der Waals surface area contributed by atoms with E-state index in [0.717, 1.165) is 11.1 Å². The predicted octanol–water partition coefficient (Wildman–Crippen LogP) is 7.10. The van der Waals surface area contributed by atoms with E-state index in [9.17, 15) is 0 Å². The molecule has 0 radical (unpaired) electrons. The fraction of sp³-hybridized carbons (Fsp3) is 0.318. The summed E-state index contributed by atoms with van der Waals surface area (Å²) >= 11 is 13.6. The summed E-state index contributed by atoms with van der Waals surface area (Å²) in [5, 5.41) is 1.70. The minimum Gasteiger partial charge on any atom is -0.430 e. The molecule has 0 amide bonds. The highest BCUT2D eigenvalue weighted by atomic mass is 35.5. The minimum absolute atomic E-state index is 0.0372. The molecule has 2 aromatic carbocycles. The Balaban J connectivity index is 1.75. The summed E-state index contributed by atoms with van der Waals surface area (Å²) in [6.45, 7) is 8.20. The fourth-order valence-corrected chi connectivity index (χ4v) is 3.54. The molecule has 3 rings (SSSR count). The molecule has 158 valence electrons. The van der Waals surface area contributed by atoms with Gasteiger partial charge in [-0.05, 0) is 50.1 Å². The monoisotopic (exact) mass is 462 g/mol. The van der Waals surface area contributed by atoms with Crippen LogP contribution in [0.5, 0.6) is 10.9 Å². The standard InChI is InChI=1S/C22H24Cl2N4OS/c1-13(2)28(5)12-25-19-10-14(3)20(11-18(19)24)29-22-26-21(27-30-22)15(4)16-6-8-17(23)9-7-16/h6-13,15H,1-5H3. The molecule has 1 unspecified atom stereocenters. The van der Waals surface area contributed by atoms with Gasteiger partial charge >= 0.3 is 0 Å². The molecule has 0 saturated heterocycles. The first-order valence-corrected chi connectivity index (χ1v) is 11.1. The summed E-state index contributed by atoms with van der Waals surface area (Å²) in [7, 11) is 1.98. The zero-order valence-corrected chi connectivity index (χ0v) is 19.9. The Kier molecular flexibility index (Phi) is 7.34. The quantitative estimate of drug-likeness (QED) is 0.277. The third-order valence-electron chi connectivity index (χ3n) is 4.82. The van der Waals surface area contributed by atoms with E-state index in [1.54, 1.807) is 12.4 Å². The predicted molar refractivity (Wildman–Crippen MR) is 126 cm³/mol. The van der Waals surface area contributed by atoms with E-state index in [4.69, 9.17) is 27.9 Å². The summed E-state index contributed by atoms with van der Waals surface area (Å²) in [4.78, 5) is 11.0. The van der Waals surface area contributed by atoms with Crippen LogP contribution in [-0.2, 0) is 0 Å². The minimum atomic E-state index is 0.0372. The van der Waals surface area contributed by atoms with Crippen LogP contribution in [0.15, 0.2) is 41.4 Å². The average molecular weight is 463 g/mol. The van der Waals surface area contributed by atoms with E-state index in [1.807, 2.05) is 49.2 Å². The van der Waals surface area contributed by atoms with E-state index in [0.29, 0.717) is 38.5 Å². The molecule has 0 aliphatic rings. The molecule has 0 fully saturated rings. The van der Waals surface area contributed by atoms with Crippen LogP contribution >= 0.6 is 34.7 Å². The Labute approximate surface area is 191 Å². The summed E-state index contributed by atoms with van der Waals surface area (Å²) in [6.07, 6.45) is 1.78. The lowest BCUT2D eigenvalue weighted by Gasteiger charge is -2.17.